The number of nitrogens with one attached hydrogen (secondary N) is 1. The highest BCUT2D eigenvalue weighted by molar-refractivity contribution is 7.99. The van der Waals surface area contributed by atoms with Gasteiger partial charge in [0, 0.05) is 19.4 Å². The van der Waals surface area contributed by atoms with Crippen molar-refractivity contribution in [3.8, 4) is 0 Å². The molecule has 1 fully saturated rings. The van der Waals surface area contributed by atoms with Gasteiger partial charge in [-0.05, 0) is 44.1 Å². The summed E-state index contributed by atoms with van der Waals surface area (Å²) in [5.41, 5.74) is 2.27. The van der Waals surface area contributed by atoms with Gasteiger partial charge in [-0.2, -0.15) is 11.8 Å². The van der Waals surface area contributed by atoms with Gasteiger partial charge < -0.3 is 4.74 Å². The molecule has 0 aliphatic carbocycles. The van der Waals surface area contributed by atoms with Crippen LogP contribution in [0.25, 0.3) is 0 Å². The number of methoxy groups -OCH3 is 1. The van der Waals surface area contributed by atoms with Crippen LogP contribution in [0.15, 0.2) is 17.0 Å². The molecule has 21 heavy (non-hydrogen) atoms. The molecule has 1 aliphatic rings. The smallest absolute Gasteiger partial charge is 0.241 e. The first-order valence-electron chi connectivity index (χ1n) is 7.00. The standard InChI is InChI=1S/C15H23NO3S2/c1-11-7-12(2)14(13(3)8-11)21(17,18)16-9-15(19-4)5-6-20-10-15/h7-8,16H,5-6,9-10H2,1-4H3. The Kier molecular flexibility index (Phi) is 5.03. The van der Waals surface area contributed by atoms with Gasteiger partial charge in [-0.3, -0.25) is 0 Å². The maximum Gasteiger partial charge on any atom is 0.241 e. The fraction of sp³-hybridized carbons (Fsp3) is 0.600. The molecule has 1 unspecified atom stereocenters. The molecular weight excluding hydrogens is 306 g/mol. The van der Waals surface area contributed by atoms with E-state index in [4.69, 9.17) is 4.74 Å². The molecule has 1 atom stereocenters. The molecule has 0 radical (unpaired) electrons. The summed E-state index contributed by atoms with van der Waals surface area (Å²) in [6.45, 7) is 5.98. The molecule has 4 nitrogen and oxygen atoms in total. The summed E-state index contributed by atoms with van der Waals surface area (Å²) in [5, 5.41) is 0. The van der Waals surface area contributed by atoms with Crippen molar-refractivity contribution in [1.82, 2.24) is 4.72 Å². The van der Waals surface area contributed by atoms with Crippen molar-refractivity contribution in [3.63, 3.8) is 0 Å². The minimum absolute atomic E-state index is 0.325. The van der Waals surface area contributed by atoms with Crippen LogP contribution in [0.2, 0.25) is 0 Å². The number of sulfonamides is 1. The summed E-state index contributed by atoms with van der Waals surface area (Å²) in [6, 6.07) is 3.80. The van der Waals surface area contributed by atoms with Crippen LogP contribution in [0.3, 0.4) is 0 Å². The molecular formula is C15H23NO3S2. The van der Waals surface area contributed by atoms with Gasteiger partial charge in [0.2, 0.25) is 10.0 Å². The summed E-state index contributed by atoms with van der Waals surface area (Å²) in [4.78, 5) is 0.394. The zero-order valence-corrected chi connectivity index (χ0v) is 14.7. The SMILES string of the molecule is COC1(CNS(=O)(=O)c2c(C)cc(C)cc2C)CCSC1. The first-order chi connectivity index (χ1) is 9.80. The van der Waals surface area contributed by atoms with Crippen LogP contribution in [0.1, 0.15) is 23.1 Å². The topological polar surface area (TPSA) is 55.4 Å². The van der Waals surface area contributed by atoms with Gasteiger partial charge >= 0.3 is 0 Å². The van der Waals surface area contributed by atoms with E-state index in [1.165, 1.54) is 0 Å². The van der Waals surface area contributed by atoms with E-state index in [2.05, 4.69) is 4.72 Å². The van der Waals surface area contributed by atoms with Crippen molar-refractivity contribution in [2.75, 3.05) is 25.2 Å². The minimum Gasteiger partial charge on any atom is -0.376 e. The quantitative estimate of drug-likeness (QED) is 0.901. The van der Waals surface area contributed by atoms with Gasteiger partial charge in [0.25, 0.3) is 0 Å². The third kappa shape index (κ3) is 3.62. The average molecular weight is 329 g/mol. The lowest BCUT2D eigenvalue weighted by atomic mass is 10.0. The van der Waals surface area contributed by atoms with Crippen LogP contribution in [0.5, 0.6) is 0 Å². The molecule has 1 N–H and O–H groups in total. The summed E-state index contributed by atoms with van der Waals surface area (Å²) in [7, 11) is -1.86. The number of thioether (sulfide) groups is 1. The molecule has 0 saturated carbocycles. The Bertz CT molecular complexity index is 597. The van der Waals surface area contributed by atoms with Gasteiger partial charge in [0.05, 0.1) is 10.5 Å². The predicted molar refractivity (Wildman–Crippen MR) is 87.5 cm³/mol. The molecule has 1 aliphatic heterocycles. The van der Waals surface area contributed by atoms with Crippen molar-refractivity contribution in [3.05, 3.63) is 28.8 Å². The highest BCUT2D eigenvalue weighted by Gasteiger charge is 2.36. The maximum atomic E-state index is 12.6. The first-order valence-corrected chi connectivity index (χ1v) is 9.64. The lowest BCUT2D eigenvalue weighted by Crippen LogP contribution is -2.44. The third-order valence-corrected chi connectivity index (χ3v) is 6.89. The Morgan fingerprint density at radius 3 is 2.38 bits per heavy atom. The molecule has 0 aromatic heterocycles. The Balaban J connectivity index is 2.23. The molecule has 0 amide bonds. The molecule has 1 aromatic rings. The second kappa shape index (κ2) is 6.28. The van der Waals surface area contributed by atoms with E-state index in [-0.39, 0.29) is 5.60 Å². The van der Waals surface area contributed by atoms with Crippen molar-refractivity contribution in [1.29, 1.82) is 0 Å². The average Bonchev–Trinajstić information content (AvgIpc) is 2.84. The number of ether oxygens (including phenoxy) is 1. The van der Waals surface area contributed by atoms with E-state index in [0.717, 1.165) is 34.6 Å². The Labute approximate surface area is 131 Å². The van der Waals surface area contributed by atoms with Crippen molar-refractivity contribution in [2.45, 2.75) is 37.7 Å². The van der Waals surface area contributed by atoms with Gasteiger partial charge in [-0.1, -0.05) is 17.7 Å². The van der Waals surface area contributed by atoms with Gasteiger partial charge in [-0.25, -0.2) is 13.1 Å². The fourth-order valence-electron chi connectivity index (χ4n) is 2.85. The lowest BCUT2D eigenvalue weighted by molar-refractivity contribution is 0.0179. The molecule has 6 heteroatoms. The molecule has 0 bridgehead atoms. The van der Waals surface area contributed by atoms with Crippen molar-refractivity contribution < 1.29 is 13.2 Å². The number of hydrogen-bond acceptors (Lipinski definition) is 4. The number of benzene rings is 1. The Hall–Kier alpha value is -0.560. The van der Waals surface area contributed by atoms with E-state index in [1.807, 2.05) is 32.9 Å². The lowest BCUT2D eigenvalue weighted by Gasteiger charge is -2.27. The van der Waals surface area contributed by atoms with E-state index >= 15 is 0 Å². The van der Waals surface area contributed by atoms with Crippen LogP contribution < -0.4 is 4.72 Å². The molecule has 1 heterocycles. The van der Waals surface area contributed by atoms with E-state index < -0.39 is 10.0 Å². The normalized spacial score (nSPS) is 22.7. The third-order valence-electron chi connectivity index (χ3n) is 3.96. The second-order valence-electron chi connectivity index (χ2n) is 5.74. The molecule has 1 aromatic carbocycles. The van der Waals surface area contributed by atoms with Crippen molar-refractivity contribution in [2.24, 2.45) is 0 Å². The number of rotatable bonds is 5. The van der Waals surface area contributed by atoms with E-state index in [1.54, 1.807) is 18.9 Å². The van der Waals surface area contributed by atoms with Crippen LogP contribution in [0.4, 0.5) is 0 Å². The summed E-state index contributed by atoms with van der Waals surface area (Å²) in [5.74, 6) is 1.84. The highest BCUT2D eigenvalue weighted by atomic mass is 32.2. The number of aryl methyl sites for hydroxylation is 3. The van der Waals surface area contributed by atoms with Crippen LogP contribution in [0, 0.1) is 20.8 Å². The van der Waals surface area contributed by atoms with Crippen LogP contribution >= 0.6 is 11.8 Å². The first kappa shape index (κ1) is 16.8. The summed E-state index contributed by atoms with van der Waals surface area (Å²) in [6.07, 6.45) is 0.878. The minimum atomic E-state index is -3.51. The molecule has 2 rings (SSSR count). The van der Waals surface area contributed by atoms with Gasteiger partial charge in [0.1, 0.15) is 0 Å². The second-order valence-corrected chi connectivity index (χ2v) is 8.55. The molecule has 1 saturated heterocycles. The van der Waals surface area contributed by atoms with Crippen molar-refractivity contribution >= 4 is 21.8 Å². The molecule has 0 spiro atoms. The Morgan fingerprint density at radius 1 is 1.29 bits per heavy atom. The van der Waals surface area contributed by atoms with Crippen LogP contribution in [-0.2, 0) is 14.8 Å². The predicted octanol–water partition coefficient (Wildman–Crippen LogP) is 2.41. The zero-order valence-electron chi connectivity index (χ0n) is 13.0. The fourth-order valence-corrected chi connectivity index (χ4v) is 5.81. The number of hydrogen-bond donors (Lipinski definition) is 1. The van der Waals surface area contributed by atoms with Gasteiger partial charge in [-0.15, -0.1) is 0 Å². The maximum absolute atomic E-state index is 12.6. The van der Waals surface area contributed by atoms with Crippen LogP contribution in [-0.4, -0.2) is 39.2 Å². The summed E-state index contributed by atoms with van der Waals surface area (Å²) < 4.78 is 33.6. The Morgan fingerprint density at radius 2 is 1.90 bits per heavy atom. The highest BCUT2D eigenvalue weighted by Crippen LogP contribution is 2.31. The largest absolute Gasteiger partial charge is 0.376 e. The summed E-state index contributed by atoms with van der Waals surface area (Å²) >= 11 is 1.80. The van der Waals surface area contributed by atoms with Gasteiger partial charge in [0.15, 0.2) is 0 Å². The molecule has 118 valence electrons. The monoisotopic (exact) mass is 329 g/mol. The van der Waals surface area contributed by atoms with E-state index in [0.29, 0.717) is 11.4 Å². The zero-order chi connectivity index (χ0) is 15.7. The van der Waals surface area contributed by atoms with E-state index in [9.17, 15) is 8.42 Å².